The molecular formula is C18H24N2O2. The summed E-state index contributed by atoms with van der Waals surface area (Å²) in [6.45, 7) is 3.31. The van der Waals surface area contributed by atoms with Crippen LogP contribution in [-0.4, -0.2) is 32.1 Å². The number of nitrogens with one attached hydrogen (secondary N) is 2. The Morgan fingerprint density at radius 3 is 2.95 bits per heavy atom. The van der Waals surface area contributed by atoms with Gasteiger partial charge in [0.15, 0.2) is 0 Å². The van der Waals surface area contributed by atoms with Crippen LogP contribution >= 0.6 is 0 Å². The van der Waals surface area contributed by atoms with E-state index in [1.165, 1.54) is 5.57 Å². The van der Waals surface area contributed by atoms with Crippen LogP contribution in [0.1, 0.15) is 30.9 Å². The fraction of sp³-hybridized carbons (Fsp3) is 0.500. The van der Waals surface area contributed by atoms with Crippen LogP contribution in [-0.2, 0) is 9.53 Å². The van der Waals surface area contributed by atoms with E-state index in [1.807, 2.05) is 30.3 Å². The Hall–Kier alpha value is -1.65. The van der Waals surface area contributed by atoms with Crippen molar-refractivity contribution in [1.82, 2.24) is 10.6 Å². The van der Waals surface area contributed by atoms with Gasteiger partial charge in [-0.05, 0) is 31.4 Å². The summed E-state index contributed by atoms with van der Waals surface area (Å²) in [5.41, 5.74) is 2.42. The first kappa shape index (κ1) is 15.3. The molecule has 1 amide bonds. The first-order chi connectivity index (χ1) is 10.8. The lowest BCUT2D eigenvalue weighted by Crippen LogP contribution is -2.39. The molecule has 22 heavy (non-hydrogen) atoms. The molecule has 1 fully saturated rings. The molecule has 1 saturated heterocycles. The summed E-state index contributed by atoms with van der Waals surface area (Å²) in [5, 5.41) is 6.39. The molecule has 0 radical (unpaired) electrons. The Kier molecular flexibility index (Phi) is 5.24. The van der Waals surface area contributed by atoms with Crippen molar-refractivity contribution in [3.8, 4) is 0 Å². The summed E-state index contributed by atoms with van der Waals surface area (Å²) in [6, 6.07) is 10.1. The second kappa shape index (κ2) is 7.56. The van der Waals surface area contributed by atoms with E-state index in [0.717, 1.165) is 44.5 Å². The van der Waals surface area contributed by atoms with Crippen molar-refractivity contribution in [3.63, 3.8) is 0 Å². The van der Waals surface area contributed by atoms with Gasteiger partial charge in [0.25, 0.3) is 0 Å². The summed E-state index contributed by atoms with van der Waals surface area (Å²) in [7, 11) is 0. The minimum absolute atomic E-state index is 0.0848. The number of carbonyl (C=O) groups excluding carboxylic acids is 1. The minimum Gasteiger partial charge on any atom is -0.373 e. The van der Waals surface area contributed by atoms with E-state index in [9.17, 15) is 4.79 Å². The summed E-state index contributed by atoms with van der Waals surface area (Å²) < 4.78 is 5.90. The zero-order chi connectivity index (χ0) is 15.2. The van der Waals surface area contributed by atoms with Crippen LogP contribution in [0, 0.1) is 5.92 Å². The third-order valence-corrected chi connectivity index (χ3v) is 4.43. The standard InChI is InChI=1S/C18H24N2O2/c21-18(20-13-14-8-10-19-11-9-14)16-7-4-12-22-17(16)15-5-2-1-3-6-15/h1-3,5-6,8,16-17,19H,4,7,9-13H2,(H,20,21). The van der Waals surface area contributed by atoms with Crippen LogP contribution in [0.5, 0.6) is 0 Å². The highest BCUT2D eigenvalue weighted by molar-refractivity contribution is 5.79. The molecule has 0 saturated carbocycles. The quantitative estimate of drug-likeness (QED) is 0.838. The molecule has 3 rings (SSSR count). The average molecular weight is 300 g/mol. The third kappa shape index (κ3) is 3.76. The fourth-order valence-corrected chi connectivity index (χ4v) is 3.18. The normalized spacial score (nSPS) is 25.4. The van der Waals surface area contributed by atoms with E-state index in [-0.39, 0.29) is 17.9 Å². The summed E-state index contributed by atoms with van der Waals surface area (Å²) in [4.78, 5) is 12.6. The molecule has 1 aromatic rings. The van der Waals surface area contributed by atoms with Crippen molar-refractivity contribution in [2.45, 2.75) is 25.4 Å². The number of benzene rings is 1. The highest BCUT2D eigenvalue weighted by Crippen LogP contribution is 2.33. The van der Waals surface area contributed by atoms with Crippen LogP contribution in [0.25, 0.3) is 0 Å². The zero-order valence-corrected chi connectivity index (χ0v) is 12.9. The molecule has 0 aliphatic carbocycles. The Morgan fingerprint density at radius 1 is 1.32 bits per heavy atom. The van der Waals surface area contributed by atoms with Crippen molar-refractivity contribution in [1.29, 1.82) is 0 Å². The van der Waals surface area contributed by atoms with Crippen molar-refractivity contribution >= 4 is 5.91 Å². The number of amides is 1. The molecule has 1 aromatic carbocycles. The summed E-state index contributed by atoms with van der Waals surface area (Å²) in [5.74, 6) is 0.0338. The molecule has 0 aromatic heterocycles. The van der Waals surface area contributed by atoms with Crippen LogP contribution in [0.2, 0.25) is 0 Å². The number of hydrogen-bond acceptors (Lipinski definition) is 3. The first-order valence-electron chi connectivity index (χ1n) is 8.17. The van der Waals surface area contributed by atoms with Gasteiger partial charge in [-0.2, -0.15) is 0 Å². The monoisotopic (exact) mass is 300 g/mol. The SMILES string of the molecule is O=C(NCC1=CCNCC1)C1CCCOC1c1ccccc1. The molecule has 118 valence electrons. The van der Waals surface area contributed by atoms with E-state index < -0.39 is 0 Å². The molecule has 2 aliphatic rings. The van der Waals surface area contributed by atoms with E-state index >= 15 is 0 Å². The van der Waals surface area contributed by atoms with Crippen molar-refractivity contribution in [3.05, 3.63) is 47.5 Å². The highest BCUT2D eigenvalue weighted by Gasteiger charge is 2.32. The zero-order valence-electron chi connectivity index (χ0n) is 12.9. The van der Waals surface area contributed by atoms with Gasteiger partial charge in [-0.1, -0.05) is 42.0 Å². The average Bonchev–Trinajstić information content (AvgIpc) is 2.61. The lowest BCUT2D eigenvalue weighted by Gasteiger charge is -2.31. The number of rotatable bonds is 4. The lowest BCUT2D eigenvalue weighted by atomic mass is 9.88. The summed E-state index contributed by atoms with van der Waals surface area (Å²) in [6.07, 6.45) is 4.93. The largest absolute Gasteiger partial charge is 0.373 e. The van der Waals surface area contributed by atoms with E-state index in [2.05, 4.69) is 16.7 Å². The summed E-state index contributed by atoms with van der Waals surface area (Å²) >= 11 is 0. The van der Waals surface area contributed by atoms with Crippen LogP contribution in [0.3, 0.4) is 0 Å². The van der Waals surface area contributed by atoms with Gasteiger partial charge < -0.3 is 15.4 Å². The van der Waals surface area contributed by atoms with Gasteiger partial charge >= 0.3 is 0 Å². The van der Waals surface area contributed by atoms with Crippen LogP contribution < -0.4 is 10.6 Å². The van der Waals surface area contributed by atoms with Crippen molar-refractivity contribution in [2.24, 2.45) is 5.92 Å². The lowest BCUT2D eigenvalue weighted by molar-refractivity contribution is -0.134. The highest BCUT2D eigenvalue weighted by atomic mass is 16.5. The Bertz CT molecular complexity index is 527. The topological polar surface area (TPSA) is 50.4 Å². The predicted octanol–water partition coefficient (Wildman–Crippen LogP) is 2.19. The second-order valence-corrected chi connectivity index (χ2v) is 5.99. The van der Waals surface area contributed by atoms with Crippen molar-refractivity contribution < 1.29 is 9.53 Å². The molecule has 4 heteroatoms. The predicted molar refractivity (Wildman–Crippen MR) is 86.4 cm³/mol. The van der Waals surface area contributed by atoms with Gasteiger partial charge in [0, 0.05) is 19.7 Å². The molecular weight excluding hydrogens is 276 g/mol. The van der Waals surface area contributed by atoms with Gasteiger partial charge in [0.05, 0.1) is 12.0 Å². The third-order valence-electron chi connectivity index (χ3n) is 4.43. The second-order valence-electron chi connectivity index (χ2n) is 5.99. The number of carbonyl (C=O) groups is 1. The van der Waals surface area contributed by atoms with Gasteiger partial charge in [-0.25, -0.2) is 0 Å². The van der Waals surface area contributed by atoms with E-state index in [4.69, 9.17) is 4.74 Å². The Balaban J connectivity index is 1.62. The van der Waals surface area contributed by atoms with E-state index in [1.54, 1.807) is 0 Å². The smallest absolute Gasteiger partial charge is 0.226 e. The van der Waals surface area contributed by atoms with E-state index in [0.29, 0.717) is 6.54 Å². The molecule has 2 unspecified atom stereocenters. The maximum Gasteiger partial charge on any atom is 0.226 e. The van der Waals surface area contributed by atoms with Crippen LogP contribution in [0.4, 0.5) is 0 Å². The molecule has 0 spiro atoms. The molecule has 2 atom stereocenters. The molecule has 2 aliphatic heterocycles. The Labute approximate surface area is 131 Å². The molecule has 0 bridgehead atoms. The van der Waals surface area contributed by atoms with Gasteiger partial charge in [-0.15, -0.1) is 0 Å². The number of ether oxygens (including phenoxy) is 1. The van der Waals surface area contributed by atoms with Crippen LogP contribution in [0.15, 0.2) is 42.0 Å². The van der Waals surface area contributed by atoms with Gasteiger partial charge in [-0.3, -0.25) is 4.79 Å². The molecule has 4 nitrogen and oxygen atoms in total. The van der Waals surface area contributed by atoms with Crippen molar-refractivity contribution in [2.75, 3.05) is 26.2 Å². The maximum absolute atomic E-state index is 12.6. The minimum atomic E-state index is -0.114. The molecule has 2 heterocycles. The molecule has 2 N–H and O–H groups in total. The fourth-order valence-electron chi connectivity index (χ4n) is 3.18. The first-order valence-corrected chi connectivity index (χ1v) is 8.17. The number of hydrogen-bond donors (Lipinski definition) is 2. The Morgan fingerprint density at radius 2 is 2.18 bits per heavy atom. The van der Waals surface area contributed by atoms with Gasteiger partial charge in [0.2, 0.25) is 5.91 Å². The maximum atomic E-state index is 12.6. The van der Waals surface area contributed by atoms with Gasteiger partial charge in [0.1, 0.15) is 0 Å².